The minimum absolute atomic E-state index is 0.0565. The van der Waals surface area contributed by atoms with Crippen molar-refractivity contribution in [2.45, 2.75) is 28.5 Å². The smallest absolute Gasteiger partial charge is 0.186 e. The van der Waals surface area contributed by atoms with E-state index in [1.54, 1.807) is 0 Å². The van der Waals surface area contributed by atoms with Gasteiger partial charge in [0.1, 0.15) is 6.10 Å². The minimum Gasteiger partial charge on any atom is -0.389 e. The highest BCUT2D eigenvalue weighted by atomic mass is 127. The van der Waals surface area contributed by atoms with Crippen LogP contribution in [0.5, 0.6) is 0 Å². The Balaban J connectivity index is 2.16. The van der Waals surface area contributed by atoms with Gasteiger partial charge in [-0.3, -0.25) is 0 Å². The highest BCUT2D eigenvalue weighted by Crippen LogP contribution is 2.32. The highest BCUT2D eigenvalue weighted by molar-refractivity contribution is 14.1. The van der Waals surface area contributed by atoms with Gasteiger partial charge in [-0.2, -0.15) is 0 Å². The normalized spacial score (nSPS) is 56.5. The molecule has 2 fully saturated rings. The van der Waals surface area contributed by atoms with Gasteiger partial charge in [-0.15, -0.1) is 0 Å². The van der Waals surface area contributed by atoms with Crippen LogP contribution in [0, 0.1) is 0 Å². The van der Waals surface area contributed by atoms with Gasteiger partial charge in [-0.25, -0.2) is 0 Å². The van der Waals surface area contributed by atoms with Gasteiger partial charge in [-0.05, 0) is 0 Å². The lowest BCUT2D eigenvalue weighted by atomic mass is 10.1. The topological polar surface area (TPSA) is 58.9 Å². The van der Waals surface area contributed by atoms with Crippen LogP contribution in [0.15, 0.2) is 0 Å². The van der Waals surface area contributed by atoms with E-state index in [2.05, 4.69) is 22.6 Å². The predicted molar refractivity (Wildman–Crippen MR) is 44.4 cm³/mol. The van der Waals surface area contributed by atoms with Crippen LogP contribution in [-0.4, -0.2) is 45.3 Å². The highest BCUT2D eigenvalue weighted by Gasteiger charge is 2.48. The maximum Gasteiger partial charge on any atom is 0.186 e. The molecule has 2 aliphatic rings. The van der Waals surface area contributed by atoms with Crippen LogP contribution in [0.3, 0.4) is 0 Å². The van der Waals surface area contributed by atoms with E-state index in [-0.39, 0.29) is 10.0 Å². The quantitative estimate of drug-likeness (QED) is 0.451. The van der Waals surface area contributed by atoms with E-state index in [1.165, 1.54) is 0 Å². The Morgan fingerprint density at radius 2 is 2.00 bits per heavy atom. The molecule has 2 bridgehead atoms. The van der Waals surface area contributed by atoms with Gasteiger partial charge in [0, 0.05) is 0 Å². The lowest BCUT2D eigenvalue weighted by Gasteiger charge is -2.32. The molecule has 0 unspecified atom stereocenters. The summed E-state index contributed by atoms with van der Waals surface area (Å²) in [6.07, 6.45) is -2.28. The number of halogens is 1. The third-order valence-electron chi connectivity index (χ3n) is 2.04. The summed E-state index contributed by atoms with van der Waals surface area (Å²) in [6, 6.07) is 0. The fraction of sp³-hybridized carbons (Fsp3) is 1.00. The molecule has 5 heteroatoms. The molecule has 2 rings (SSSR count). The third kappa shape index (κ3) is 1.19. The summed E-state index contributed by atoms with van der Waals surface area (Å²) in [7, 11) is 0. The van der Waals surface area contributed by atoms with Crippen LogP contribution in [-0.2, 0) is 9.47 Å². The fourth-order valence-corrected chi connectivity index (χ4v) is 2.16. The van der Waals surface area contributed by atoms with Crippen molar-refractivity contribution in [3.63, 3.8) is 0 Å². The number of rotatable bonds is 0. The Kier molecular flexibility index (Phi) is 2.09. The molecule has 0 aromatic rings. The lowest BCUT2D eigenvalue weighted by Crippen LogP contribution is -2.51. The molecule has 64 valence electrons. The molecular formula is C6H9IO4. The molecule has 2 heterocycles. The van der Waals surface area contributed by atoms with E-state index in [0.29, 0.717) is 6.61 Å². The SMILES string of the molecule is O[C@@H]1[C@@H]2OC[C@@H](O2)[C@@H](I)[C@@H]1O. The van der Waals surface area contributed by atoms with Crippen LogP contribution in [0.25, 0.3) is 0 Å². The third-order valence-corrected chi connectivity index (χ3v) is 3.58. The van der Waals surface area contributed by atoms with Crippen molar-refractivity contribution in [1.82, 2.24) is 0 Å². The summed E-state index contributed by atoms with van der Waals surface area (Å²) in [4.78, 5) is 0. The average molecular weight is 272 g/mol. The molecule has 0 aromatic carbocycles. The second-order valence-corrected chi connectivity index (χ2v) is 4.24. The van der Waals surface area contributed by atoms with Crippen molar-refractivity contribution in [1.29, 1.82) is 0 Å². The second-order valence-electron chi connectivity index (χ2n) is 2.80. The summed E-state index contributed by atoms with van der Waals surface area (Å²) in [6.45, 7) is 0.479. The van der Waals surface area contributed by atoms with Crippen LogP contribution in [0.4, 0.5) is 0 Å². The number of aliphatic hydroxyl groups is 2. The summed E-state index contributed by atoms with van der Waals surface area (Å²) < 4.78 is 10.3. The molecule has 2 aliphatic heterocycles. The van der Waals surface area contributed by atoms with Crippen molar-refractivity contribution in [2.75, 3.05) is 6.61 Å². The summed E-state index contributed by atoms with van der Waals surface area (Å²) >= 11 is 2.07. The molecule has 0 radical (unpaired) electrons. The van der Waals surface area contributed by atoms with Crippen molar-refractivity contribution in [3.8, 4) is 0 Å². The monoisotopic (exact) mass is 272 g/mol. The van der Waals surface area contributed by atoms with Crippen molar-refractivity contribution < 1.29 is 19.7 Å². The molecule has 0 amide bonds. The first kappa shape index (κ1) is 8.18. The van der Waals surface area contributed by atoms with Crippen LogP contribution in [0.1, 0.15) is 0 Å². The van der Waals surface area contributed by atoms with E-state index < -0.39 is 18.5 Å². The molecule has 0 spiro atoms. The zero-order chi connectivity index (χ0) is 8.01. The van der Waals surface area contributed by atoms with E-state index in [1.807, 2.05) is 0 Å². The maximum absolute atomic E-state index is 9.41. The Bertz CT molecular complexity index is 145. The van der Waals surface area contributed by atoms with Gasteiger partial charge >= 0.3 is 0 Å². The first-order chi connectivity index (χ1) is 5.20. The molecule has 0 aliphatic carbocycles. The number of ether oxygens (including phenoxy) is 2. The number of hydrogen-bond donors (Lipinski definition) is 2. The first-order valence-electron chi connectivity index (χ1n) is 3.47. The van der Waals surface area contributed by atoms with E-state index in [4.69, 9.17) is 9.47 Å². The van der Waals surface area contributed by atoms with E-state index >= 15 is 0 Å². The summed E-state index contributed by atoms with van der Waals surface area (Å²) in [5.41, 5.74) is 0. The average Bonchev–Trinajstić information content (AvgIpc) is 2.44. The fourth-order valence-electron chi connectivity index (χ4n) is 1.36. The zero-order valence-electron chi connectivity index (χ0n) is 5.68. The Morgan fingerprint density at radius 1 is 1.27 bits per heavy atom. The molecule has 2 saturated heterocycles. The number of alkyl halides is 1. The Morgan fingerprint density at radius 3 is 2.73 bits per heavy atom. The summed E-state index contributed by atoms with van der Waals surface area (Å²) in [5, 5.41) is 18.7. The van der Waals surface area contributed by atoms with Gasteiger partial charge in [0.15, 0.2) is 6.29 Å². The lowest BCUT2D eigenvalue weighted by molar-refractivity contribution is -0.187. The zero-order valence-corrected chi connectivity index (χ0v) is 7.84. The Hall–Kier alpha value is 0.570. The largest absolute Gasteiger partial charge is 0.389 e. The standard InChI is InChI=1S/C6H9IO4/c7-3-2-1-10-6(11-2)5(9)4(3)8/h2-6,8-9H,1H2/t2-,3-,4+,5+,6-/m1/s1. The first-order valence-corrected chi connectivity index (χ1v) is 4.72. The Labute approximate surface area is 77.6 Å². The molecular weight excluding hydrogens is 263 g/mol. The van der Waals surface area contributed by atoms with Crippen molar-refractivity contribution in [2.24, 2.45) is 0 Å². The molecule has 11 heavy (non-hydrogen) atoms. The molecule has 2 N–H and O–H groups in total. The predicted octanol–water partition coefficient (Wildman–Crippen LogP) is -0.733. The number of aliphatic hydroxyl groups excluding tert-OH is 2. The molecule has 4 nitrogen and oxygen atoms in total. The van der Waals surface area contributed by atoms with Crippen molar-refractivity contribution in [3.05, 3.63) is 0 Å². The molecule has 5 atom stereocenters. The van der Waals surface area contributed by atoms with Crippen molar-refractivity contribution >= 4 is 22.6 Å². The maximum atomic E-state index is 9.41. The van der Waals surface area contributed by atoms with Gasteiger partial charge < -0.3 is 19.7 Å². The minimum atomic E-state index is -0.893. The van der Waals surface area contributed by atoms with E-state index in [9.17, 15) is 10.2 Å². The van der Waals surface area contributed by atoms with Gasteiger partial charge in [0.2, 0.25) is 0 Å². The second kappa shape index (κ2) is 2.81. The van der Waals surface area contributed by atoms with Crippen LogP contribution < -0.4 is 0 Å². The van der Waals surface area contributed by atoms with Crippen LogP contribution in [0.2, 0.25) is 0 Å². The van der Waals surface area contributed by atoms with Gasteiger partial charge in [-0.1, -0.05) is 22.6 Å². The molecule has 0 saturated carbocycles. The summed E-state index contributed by atoms with van der Waals surface area (Å²) in [5.74, 6) is 0. The van der Waals surface area contributed by atoms with Crippen LogP contribution >= 0.6 is 22.6 Å². The number of hydrogen-bond acceptors (Lipinski definition) is 4. The van der Waals surface area contributed by atoms with Gasteiger partial charge in [0.25, 0.3) is 0 Å². The number of fused-ring (bicyclic) bond motifs is 2. The molecule has 0 aromatic heterocycles. The van der Waals surface area contributed by atoms with E-state index in [0.717, 1.165) is 0 Å². The van der Waals surface area contributed by atoms with Gasteiger partial charge in [0.05, 0.1) is 22.7 Å².